The van der Waals surface area contributed by atoms with Crippen molar-refractivity contribution >= 4 is 17.5 Å². The van der Waals surface area contributed by atoms with Gasteiger partial charge in [0.15, 0.2) is 0 Å². The van der Waals surface area contributed by atoms with E-state index in [0.29, 0.717) is 24.0 Å². The molecule has 0 fully saturated rings. The predicted octanol–water partition coefficient (Wildman–Crippen LogP) is 3.61. The highest BCUT2D eigenvalue weighted by molar-refractivity contribution is 5.93. The SMILES string of the molecule is Cc1ccc(C)c(Nc2ncc(C(=O)NCCC(C)C)cn2)c1. The number of carbonyl (C=O) groups excluding carboxylic acids is 1. The van der Waals surface area contributed by atoms with Gasteiger partial charge in [-0.25, -0.2) is 9.97 Å². The van der Waals surface area contributed by atoms with Gasteiger partial charge in [0.05, 0.1) is 5.56 Å². The highest BCUT2D eigenvalue weighted by atomic mass is 16.1. The van der Waals surface area contributed by atoms with Crippen LogP contribution in [-0.2, 0) is 0 Å². The van der Waals surface area contributed by atoms with Crippen molar-refractivity contribution in [1.82, 2.24) is 15.3 Å². The lowest BCUT2D eigenvalue weighted by Crippen LogP contribution is -2.25. The van der Waals surface area contributed by atoms with Gasteiger partial charge in [0, 0.05) is 24.6 Å². The number of aromatic nitrogens is 2. The lowest BCUT2D eigenvalue weighted by molar-refractivity contribution is 0.0951. The first-order valence-electron chi connectivity index (χ1n) is 7.90. The Kier molecular flexibility index (Phi) is 5.68. The van der Waals surface area contributed by atoms with Crippen molar-refractivity contribution in [1.29, 1.82) is 0 Å². The zero-order chi connectivity index (χ0) is 16.8. The van der Waals surface area contributed by atoms with E-state index in [9.17, 15) is 4.79 Å². The van der Waals surface area contributed by atoms with Crippen LogP contribution in [0.4, 0.5) is 11.6 Å². The molecule has 5 nitrogen and oxygen atoms in total. The number of aryl methyl sites for hydroxylation is 2. The number of hydrogen-bond donors (Lipinski definition) is 2. The molecular weight excluding hydrogens is 288 g/mol. The molecule has 0 unspecified atom stereocenters. The molecule has 0 saturated heterocycles. The van der Waals surface area contributed by atoms with E-state index in [0.717, 1.165) is 17.7 Å². The van der Waals surface area contributed by atoms with E-state index < -0.39 is 0 Å². The first-order chi connectivity index (χ1) is 11.0. The van der Waals surface area contributed by atoms with Crippen LogP contribution in [0, 0.1) is 19.8 Å². The molecule has 1 aromatic carbocycles. The molecule has 122 valence electrons. The standard InChI is InChI=1S/C18H24N4O/c1-12(2)7-8-19-17(23)15-10-20-18(21-11-15)22-16-9-13(3)5-6-14(16)4/h5-6,9-12H,7-8H2,1-4H3,(H,19,23)(H,20,21,22). The number of hydrogen-bond acceptors (Lipinski definition) is 4. The molecule has 1 heterocycles. The maximum atomic E-state index is 12.0. The van der Waals surface area contributed by atoms with E-state index in [2.05, 4.69) is 40.5 Å². The van der Waals surface area contributed by atoms with E-state index >= 15 is 0 Å². The number of anilines is 2. The van der Waals surface area contributed by atoms with Crippen molar-refractivity contribution < 1.29 is 4.79 Å². The average Bonchev–Trinajstić information content (AvgIpc) is 2.51. The summed E-state index contributed by atoms with van der Waals surface area (Å²) in [7, 11) is 0. The van der Waals surface area contributed by atoms with Crippen LogP contribution in [0.15, 0.2) is 30.6 Å². The minimum Gasteiger partial charge on any atom is -0.352 e. The van der Waals surface area contributed by atoms with Gasteiger partial charge in [-0.15, -0.1) is 0 Å². The van der Waals surface area contributed by atoms with Crippen LogP contribution in [0.1, 0.15) is 41.8 Å². The van der Waals surface area contributed by atoms with Crippen LogP contribution < -0.4 is 10.6 Å². The first-order valence-corrected chi connectivity index (χ1v) is 7.90. The van der Waals surface area contributed by atoms with Crippen LogP contribution in [-0.4, -0.2) is 22.4 Å². The predicted molar refractivity (Wildman–Crippen MR) is 93.0 cm³/mol. The van der Waals surface area contributed by atoms with Crippen molar-refractivity contribution in [3.8, 4) is 0 Å². The summed E-state index contributed by atoms with van der Waals surface area (Å²) in [6.45, 7) is 8.99. The Morgan fingerprint density at radius 3 is 2.52 bits per heavy atom. The van der Waals surface area contributed by atoms with Crippen LogP contribution in [0.25, 0.3) is 0 Å². The van der Waals surface area contributed by atoms with Gasteiger partial charge in [0.25, 0.3) is 5.91 Å². The molecule has 23 heavy (non-hydrogen) atoms. The third kappa shape index (κ3) is 5.06. The van der Waals surface area contributed by atoms with Gasteiger partial charge in [-0.3, -0.25) is 4.79 Å². The fourth-order valence-electron chi connectivity index (χ4n) is 2.08. The molecule has 0 atom stereocenters. The van der Waals surface area contributed by atoms with Crippen molar-refractivity contribution in [2.24, 2.45) is 5.92 Å². The van der Waals surface area contributed by atoms with Crippen molar-refractivity contribution in [3.05, 3.63) is 47.3 Å². The van der Waals surface area contributed by atoms with E-state index in [1.807, 2.05) is 26.0 Å². The second-order valence-electron chi connectivity index (χ2n) is 6.18. The molecule has 0 bridgehead atoms. The zero-order valence-electron chi connectivity index (χ0n) is 14.2. The fourth-order valence-corrected chi connectivity index (χ4v) is 2.08. The molecule has 0 aliphatic carbocycles. The molecule has 1 aromatic heterocycles. The Balaban J connectivity index is 1.99. The van der Waals surface area contributed by atoms with Crippen LogP contribution in [0.3, 0.4) is 0 Å². The van der Waals surface area contributed by atoms with Gasteiger partial charge in [0.2, 0.25) is 5.95 Å². The molecular formula is C18H24N4O. The Morgan fingerprint density at radius 1 is 1.17 bits per heavy atom. The van der Waals surface area contributed by atoms with Gasteiger partial charge in [-0.2, -0.15) is 0 Å². The maximum absolute atomic E-state index is 12.0. The third-order valence-corrected chi connectivity index (χ3v) is 3.56. The van der Waals surface area contributed by atoms with Crippen molar-refractivity contribution in [2.75, 3.05) is 11.9 Å². The molecule has 2 rings (SSSR count). The summed E-state index contributed by atoms with van der Waals surface area (Å²) in [5, 5.41) is 6.06. The summed E-state index contributed by atoms with van der Waals surface area (Å²) >= 11 is 0. The molecule has 0 aliphatic heterocycles. The van der Waals surface area contributed by atoms with E-state index in [-0.39, 0.29) is 5.91 Å². The number of carbonyl (C=O) groups is 1. The number of amides is 1. The topological polar surface area (TPSA) is 66.9 Å². The van der Waals surface area contributed by atoms with E-state index in [1.165, 1.54) is 5.56 Å². The summed E-state index contributed by atoms with van der Waals surface area (Å²) < 4.78 is 0. The molecule has 0 radical (unpaired) electrons. The third-order valence-electron chi connectivity index (χ3n) is 3.56. The second-order valence-corrected chi connectivity index (χ2v) is 6.18. The molecule has 0 saturated carbocycles. The average molecular weight is 312 g/mol. The Bertz CT molecular complexity index is 665. The smallest absolute Gasteiger partial charge is 0.254 e. The van der Waals surface area contributed by atoms with Gasteiger partial charge in [0.1, 0.15) is 0 Å². The minimum absolute atomic E-state index is 0.135. The molecule has 0 aliphatic rings. The molecule has 2 aromatic rings. The number of rotatable bonds is 6. The molecule has 2 N–H and O–H groups in total. The number of benzene rings is 1. The lowest BCUT2D eigenvalue weighted by Gasteiger charge is -2.10. The maximum Gasteiger partial charge on any atom is 0.254 e. The highest BCUT2D eigenvalue weighted by Gasteiger charge is 2.08. The van der Waals surface area contributed by atoms with E-state index in [4.69, 9.17) is 0 Å². The number of nitrogens with zero attached hydrogens (tertiary/aromatic N) is 2. The monoisotopic (exact) mass is 312 g/mol. The summed E-state index contributed by atoms with van der Waals surface area (Å²) in [5.41, 5.74) is 3.73. The first kappa shape index (κ1) is 16.9. The highest BCUT2D eigenvalue weighted by Crippen LogP contribution is 2.19. The summed E-state index contributed by atoms with van der Waals surface area (Å²) in [5.74, 6) is 0.914. The Morgan fingerprint density at radius 2 is 1.87 bits per heavy atom. The normalized spacial score (nSPS) is 10.7. The Hall–Kier alpha value is -2.43. The Labute approximate surface area is 137 Å². The number of nitrogens with one attached hydrogen (secondary N) is 2. The zero-order valence-corrected chi connectivity index (χ0v) is 14.2. The van der Waals surface area contributed by atoms with Crippen molar-refractivity contribution in [3.63, 3.8) is 0 Å². The second kappa shape index (κ2) is 7.72. The minimum atomic E-state index is -0.135. The molecule has 0 spiro atoms. The lowest BCUT2D eigenvalue weighted by atomic mass is 10.1. The van der Waals surface area contributed by atoms with Crippen LogP contribution in [0.2, 0.25) is 0 Å². The van der Waals surface area contributed by atoms with Crippen LogP contribution in [0.5, 0.6) is 0 Å². The summed E-state index contributed by atoms with van der Waals surface area (Å²) in [4.78, 5) is 20.4. The summed E-state index contributed by atoms with van der Waals surface area (Å²) in [6.07, 6.45) is 4.05. The van der Waals surface area contributed by atoms with Gasteiger partial charge < -0.3 is 10.6 Å². The molecule has 1 amide bonds. The fraction of sp³-hybridized carbons (Fsp3) is 0.389. The molecule has 5 heteroatoms. The van der Waals surface area contributed by atoms with Gasteiger partial charge >= 0.3 is 0 Å². The largest absolute Gasteiger partial charge is 0.352 e. The van der Waals surface area contributed by atoms with Gasteiger partial charge in [-0.1, -0.05) is 26.0 Å². The quantitative estimate of drug-likeness (QED) is 0.855. The van der Waals surface area contributed by atoms with Crippen LogP contribution >= 0.6 is 0 Å². The van der Waals surface area contributed by atoms with Gasteiger partial charge in [-0.05, 0) is 43.4 Å². The summed E-state index contributed by atoms with van der Waals surface area (Å²) in [6, 6.07) is 6.16. The van der Waals surface area contributed by atoms with Crippen molar-refractivity contribution in [2.45, 2.75) is 34.1 Å². The van der Waals surface area contributed by atoms with E-state index in [1.54, 1.807) is 12.4 Å².